The van der Waals surface area contributed by atoms with Crippen LogP contribution in [0.4, 0.5) is 0 Å². The van der Waals surface area contributed by atoms with Crippen LogP contribution in [0.3, 0.4) is 0 Å². The molecule has 0 atom stereocenters. The first kappa shape index (κ1) is 94.7. The molecular weight excluding hydrogens is 1450 g/mol. The summed E-state index contributed by atoms with van der Waals surface area (Å²) in [5.74, 6) is 2.22. The van der Waals surface area contributed by atoms with Crippen LogP contribution in [0.2, 0.25) is 0 Å². The van der Waals surface area contributed by atoms with Crippen LogP contribution in [-0.2, 0) is 19.3 Å². The second-order valence-electron chi connectivity index (χ2n) is 34.9. The Kier molecular flexibility index (Phi) is 49.1. The van der Waals surface area contributed by atoms with Gasteiger partial charge in [-0.15, -0.1) is 0 Å². The van der Waals surface area contributed by atoms with Gasteiger partial charge >= 0.3 is 8.60 Å². The molecule has 4 heteroatoms. The standard InChI is InChI=1S/C114H159O3P/c1-4-7-10-13-16-19-22-25-28-31-34-37-40-43-46-49-52-61-88-103-91-94-106(112(100-82-70-58-71-83-100)109(103)97-76-64-55-65-77-97)115-118(116-107-95-92-104(110(98-78-66-56-67-79-98)113(107)101-84-72-59-73-85-101)89-62-53-50-47-44-41-38-35-32-29-26-23-20-17-14-11-8-5-2)117-108-96-93-105(111(99-80-68-57-69-81-99)114(108)102-86-74-60-75-87-102)90-63-54-51-48-45-42-39-36-33-30-27-24-21-18-15-12-9-6-3/h55-60,64-87,91-96H,4-54,61-63,88-90H2,1-3H3. The quantitative estimate of drug-likeness (QED) is 0.0281. The van der Waals surface area contributed by atoms with Gasteiger partial charge in [0, 0.05) is 16.7 Å². The van der Waals surface area contributed by atoms with Crippen molar-refractivity contribution in [1.82, 2.24) is 0 Å². The first-order valence-electron chi connectivity index (χ1n) is 49.3. The summed E-state index contributed by atoms with van der Waals surface area (Å²) in [5, 5.41) is 0. The molecule has 0 N–H and O–H groups in total. The molecule has 9 aromatic carbocycles. The summed E-state index contributed by atoms with van der Waals surface area (Å²) in [5.41, 5.74) is 17.7. The fraction of sp³-hybridized carbons (Fsp3) is 0.526. The molecule has 0 saturated carbocycles. The van der Waals surface area contributed by atoms with Crippen molar-refractivity contribution in [2.45, 2.75) is 387 Å². The zero-order valence-corrected chi connectivity index (χ0v) is 75.7. The van der Waals surface area contributed by atoms with Gasteiger partial charge in [0.15, 0.2) is 0 Å². The minimum absolute atomic E-state index is 0.739. The van der Waals surface area contributed by atoms with Crippen LogP contribution in [0.5, 0.6) is 17.2 Å². The molecule has 0 amide bonds. The topological polar surface area (TPSA) is 27.7 Å². The molecule has 0 aliphatic heterocycles. The average Bonchev–Trinajstić information content (AvgIpc) is 0.761. The Morgan fingerprint density at radius 2 is 0.297 bits per heavy atom. The predicted octanol–water partition coefficient (Wildman–Crippen LogP) is 38.2. The Morgan fingerprint density at radius 3 is 0.458 bits per heavy atom. The molecule has 0 bridgehead atoms. The molecule has 0 radical (unpaired) electrons. The molecule has 9 rings (SSSR count). The Hall–Kier alpha value is -7.19. The van der Waals surface area contributed by atoms with Crippen molar-refractivity contribution in [2.24, 2.45) is 0 Å². The lowest BCUT2D eigenvalue weighted by atomic mass is 9.87. The molecule has 0 saturated heterocycles. The third-order valence-electron chi connectivity index (χ3n) is 25.1. The lowest BCUT2D eigenvalue weighted by Crippen LogP contribution is -2.07. The average molecular weight is 1610 g/mol. The molecule has 0 fully saturated rings. The summed E-state index contributed by atoms with van der Waals surface area (Å²) in [7, 11) is -2.28. The lowest BCUT2D eigenvalue weighted by Gasteiger charge is -2.26. The van der Waals surface area contributed by atoms with E-state index in [0.717, 1.165) is 89.2 Å². The van der Waals surface area contributed by atoms with Crippen molar-refractivity contribution in [1.29, 1.82) is 0 Å². The molecule has 638 valence electrons. The van der Waals surface area contributed by atoms with E-state index in [-0.39, 0.29) is 0 Å². The van der Waals surface area contributed by atoms with Crippen molar-refractivity contribution < 1.29 is 13.6 Å². The molecule has 9 aromatic rings. The fourth-order valence-electron chi connectivity index (χ4n) is 18.2. The summed E-state index contributed by atoms with van der Waals surface area (Å²) in [6.07, 6.45) is 76.7. The minimum atomic E-state index is -2.28. The number of rotatable bonds is 69. The predicted molar refractivity (Wildman–Crippen MR) is 518 cm³/mol. The van der Waals surface area contributed by atoms with Gasteiger partial charge in [-0.05, 0) is 123 Å². The zero-order chi connectivity index (χ0) is 81.9. The number of benzene rings is 9. The normalized spacial score (nSPS) is 11.5. The van der Waals surface area contributed by atoms with Crippen molar-refractivity contribution in [3.63, 3.8) is 0 Å². The summed E-state index contributed by atoms with van der Waals surface area (Å²) in [6, 6.07) is 80.2. The molecule has 0 unspecified atom stereocenters. The maximum absolute atomic E-state index is 7.86. The Balaban J connectivity index is 0.983. The van der Waals surface area contributed by atoms with Crippen molar-refractivity contribution in [3.05, 3.63) is 235 Å². The van der Waals surface area contributed by atoms with Crippen LogP contribution >= 0.6 is 8.60 Å². The van der Waals surface area contributed by atoms with Crippen LogP contribution in [0.25, 0.3) is 66.8 Å². The highest BCUT2D eigenvalue weighted by Crippen LogP contribution is 2.55. The summed E-state index contributed by atoms with van der Waals surface area (Å²) in [4.78, 5) is 0. The van der Waals surface area contributed by atoms with E-state index >= 15 is 0 Å². The highest BCUT2D eigenvalue weighted by molar-refractivity contribution is 7.43. The van der Waals surface area contributed by atoms with Crippen molar-refractivity contribution >= 4 is 8.60 Å². The molecule has 0 aliphatic rings. The molecule has 0 aliphatic carbocycles. The maximum Gasteiger partial charge on any atom is 0.530 e. The largest absolute Gasteiger partial charge is 0.530 e. The van der Waals surface area contributed by atoms with Gasteiger partial charge in [0.25, 0.3) is 0 Å². The van der Waals surface area contributed by atoms with Crippen LogP contribution in [0, 0.1) is 0 Å². The minimum Gasteiger partial charge on any atom is -0.408 e. The van der Waals surface area contributed by atoms with Gasteiger partial charge in [0.05, 0.1) is 0 Å². The van der Waals surface area contributed by atoms with Crippen LogP contribution in [0.15, 0.2) is 218 Å². The van der Waals surface area contributed by atoms with E-state index in [1.165, 1.54) is 378 Å². The Bertz CT molecular complexity index is 3540. The van der Waals surface area contributed by atoms with Crippen molar-refractivity contribution in [3.8, 4) is 84.0 Å². The van der Waals surface area contributed by atoms with Gasteiger partial charge in [-0.3, -0.25) is 0 Å². The van der Waals surface area contributed by atoms with E-state index < -0.39 is 8.60 Å². The first-order chi connectivity index (χ1) is 58.6. The molecule has 0 heterocycles. The van der Waals surface area contributed by atoms with Crippen LogP contribution in [0.1, 0.15) is 384 Å². The van der Waals surface area contributed by atoms with Crippen LogP contribution in [-0.4, -0.2) is 0 Å². The third kappa shape index (κ3) is 35.9. The van der Waals surface area contributed by atoms with E-state index in [2.05, 4.69) is 239 Å². The van der Waals surface area contributed by atoms with E-state index in [4.69, 9.17) is 13.6 Å². The van der Waals surface area contributed by atoms with Gasteiger partial charge in [-0.25, -0.2) is 0 Å². The van der Waals surface area contributed by atoms with Gasteiger partial charge in [-0.1, -0.05) is 548 Å². The van der Waals surface area contributed by atoms with E-state index in [0.29, 0.717) is 0 Å². The number of unbranched alkanes of at least 4 members (excludes halogenated alkanes) is 51. The summed E-state index contributed by atoms with van der Waals surface area (Å²) in [6.45, 7) is 6.94. The summed E-state index contributed by atoms with van der Waals surface area (Å²) < 4.78 is 23.6. The van der Waals surface area contributed by atoms with E-state index in [1.807, 2.05) is 0 Å². The Morgan fingerprint density at radius 1 is 0.153 bits per heavy atom. The monoisotopic (exact) mass is 1610 g/mol. The van der Waals surface area contributed by atoms with Gasteiger partial charge in [0.2, 0.25) is 0 Å². The lowest BCUT2D eigenvalue weighted by molar-refractivity contribution is 0.390. The second kappa shape index (κ2) is 61.2. The van der Waals surface area contributed by atoms with Crippen LogP contribution < -0.4 is 13.6 Å². The highest BCUT2D eigenvalue weighted by atomic mass is 31.2. The maximum atomic E-state index is 7.86. The highest BCUT2D eigenvalue weighted by Gasteiger charge is 2.31. The van der Waals surface area contributed by atoms with Gasteiger partial charge in [0.1, 0.15) is 17.2 Å². The third-order valence-corrected chi connectivity index (χ3v) is 26.1. The fourth-order valence-corrected chi connectivity index (χ4v) is 19.2. The first-order valence-corrected chi connectivity index (χ1v) is 50.4. The number of aryl methyl sites for hydroxylation is 3. The van der Waals surface area contributed by atoms with E-state index in [1.54, 1.807) is 0 Å². The smallest absolute Gasteiger partial charge is 0.408 e. The Labute approximate surface area is 723 Å². The second-order valence-corrected chi connectivity index (χ2v) is 35.9. The number of hydrogen-bond donors (Lipinski definition) is 0. The zero-order valence-electron chi connectivity index (χ0n) is 74.8. The van der Waals surface area contributed by atoms with E-state index in [9.17, 15) is 0 Å². The molecule has 0 spiro atoms. The van der Waals surface area contributed by atoms with Gasteiger partial charge < -0.3 is 13.6 Å². The van der Waals surface area contributed by atoms with Gasteiger partial charge in [-0.2, -0.15) is 0 Å². The van der Waals surface area contributed by atoms with Crippen molar-refractivity contribution in [2.75, 3.05) is 0 Å². The molecular formula is C114H159O3P. The SMILES string of the molecule is CCCCCCCCCCCCCCCCCCCCc1ccc(OP(Oc2ccc(CCCCCCCCCCCCCCCCCCCC)c(-c3ccccc3)c2-c2ccccc2)Oc2ccc(CCCCCCCCCCCCCCCCCCCC)c(-c3ccccc3)c2-c2ccccc2)c(-c2ccccc2)c1-c1ccccc1. The molecule has 118 heavy (non-hydrogen) atoms. The number of hydrogen-bond acceptors (Lipinski definition) is 3. The molecule has 3 nitrogen and oxygen atoms in total. The molecule has 0 aromatic heterocycles. The summed E-state index contributed by atoms with van der Waals surface area (Å²) >= 11 is 0.